The van der Waals surface area contributed by atoms with Crippen LogP contribution in [0.1, 0.15) is 17.4 Å². The van der Waals surface area contributed by atoms with Gasteiger partial charge in [0.15, 0.2) is 5.22 Å². The first-order chi connectivity index (χ1) is 8.54. The monoisotopic (exact) mass is 336 g/mol. The molecule has 1 aromatic carbocycles. The lowest BCUT2D eigenvalue weighted by molar-refractivity contribution is 0.427. The van der Waals surface area contributed by atoms with Crippen molar-refractivity contribution < 1.29 is 13.2 Å². The Morgan fingerprint density at radius 3 is 2.56 bits per heavy atom. The van der Waals surface area contributed by atoms with Gasteiger partial charge in [-0.15, -0.1) is 0 Å². The molecule has 7 heteroatoms. The van der Waals surface area contributed by atoms with Crippen LogP contribution in [0.3, 0.4) is 0 Å². The average molecular weight is 338 g/mol. The van der Waals surface area contributed by atoms with E-state index in [0.717, 1.165) is 6.07 Å². The van der Waals surface area contributed by atoms with E-state index in [2.05, 4.69) is 21.4 Å². The maximum atomic E-state index is 13.9. The van der Waals surface area contributed by atoms with Gasteiger partial charge in [0.05, 0.1) is 10.0 Å². The third-order valence-electron chi connectivity index (χ3n) is 2.41. The van der Waals surface area contributed by atoms with E-state index in [-0.39, 0.29) is 21.0 Å². The van der Waals surface area contributed by atoms with E-state index in [0.29, 0.717) is 0 Å². The Kier molecular flexibility index (Phi) is 4.01. The zero-order valence-electron chi connectivity index (χ0n) is 8.88. The fourth-order valence-corrected chi connectivity index (χ4v) is 2.10. The first kappa shape index (κ1) is 13.5. The molecule has 3 nitrogen and oxygen atoms in total. The summed E-state index contributed by atoms with van der Waals surface area (Å²) in [5.74, 6) is 4.08. The molecule has 0 aliphatic carbocycles. The minimum absolute atomic E-state index is 0.112. The van der Waals surface area contributed by atoms with Crippen LogP contribution in [0.4, 0.5) is 8.78 Å². The van der Waals surface area contributed by atoms with E-state index in [1.165, 1.54) is 18.2 Å². The van der Waals surface area contributed by atoms with Crippen LogP contribution < -0.4 is 11.3 Å². The predicted octanol–water partition coefficient (Wildman–Crippen LogP) is 3.53. The van der Waals surface area contributed by atoms with Crippen LogP contribution in [0.5, 0.6) is 0 Å². The summed E-state index contributed by atoms with van der Waals surface area (Å²) in [6.45, 7) is 0. The van der Waals surface area contributed by atoms with Crippen molar-refractivity contribution in [3.63, 3.8) is 0 Å². The Labute approximate surface area is 115 Å². The van der Waals surface area contributed by atoms with E-state index in [1.807, 2.05) is 0 Å². The normalized spacial score (nSPS) is 12.7. The average Bonchev–Trinajstić information content (AvgIpc) is 2.76. The Hall–Kier alpha value is -0.950. The van der Waals surface area contributed by atoms with Gasteiger partial charge >= 0.3 is 0 Å². The maximum absolute atomic E-state index is 13.9. The number of benzene rings is 1. The molecule has 2 rings (SSSR count). The van der Waals surface area contributed by atoms with Crippen molar-refractivity contribution in [2.75, 3.05) is 0 Å². The topological polar surface area (TPSA) is 51.2 Å². The zero-order valence-corrected chi connectivity index (χ0v) is 11.2. The van der Waals surface area contributed by atoms with Crippen molar-refractivity contribution in [3.8, 4) is 0 Å². The number of hydrogen-bond donors (Lipinski definition) is 2. The summed E-state index contributed by atoms with van der Waals surface area (Å²) in [5, 5.41) is 0.112. The molecule has 0 saturated heterocycles. The van der Waals surface area contributed by atoms with Gasteiger partial charge in [-0.25, -0.2) is 14.2 Å². The molecule has 0 saturated carbocycles. The standard InChI is InChI=1S/C11H8BrClF2N2O/c12-5-1-2-6(14)9(10(5)15)11(17-16)7-3-4-8(13)18-7/h1-4,11,17H,16H2. The molecule has 0 spiro atoms. The van der Waals surface area contributed by atoms with Gasteiger partial charge in [-0.1, -0.05) is 0 Å². The second kappa shape index (κ2) is 5.36. The predicted molar refractivity (Wildman–Crippen MR) is 66.9 cm³/mol. The molecule has 1 atom stereocenters. The van der Waals surface area contributed by atoms with Gasteiger partial charge in [0.2, 0.25) is 0 Å². The molecule has 1 heterocycles. The number of hydrogen-bond acceptors (Lipinski definition) is 3. The summed E-state index contributed by atoms with van der Waals surface area (Å²) in [6, 6.07) is 4.41. The number of hydrazine groups is 1. The van der Waals surface area contributed by atoms with Gasteiger partial charge < -0.3 is 4.42 Å². The summed E-state index contributed by atoms with van der Waals surface area (Å²) in [4.78, 5) is 0. The van der Waals surface area contributed by atoms with Gasteiger partial charge in [-0.3, -0.25) is 5.84 Å². The number of furan rings is 1. The lowest BCUT2D eigenvalue weighted by Crippen LogP contribution is -2.30. The van der Waals surface area contributed by atoms with Gasteiger partial charge in [0.1, 0.15) is 23.4 Å². The molecule has 0 fully saturated rings. The highest BCUT2D eigenvalue weighted by molar-refractivity contribution is 9.10. The SMILES string of the molecule is NNC(c1ccc(Cl)o1)c1c(F)ccc(Br)c1F. The van der Waals surface area contributed by atoms with Gasteiger partial charge in [0, 0.05) is 0 Å². The van der Waals surface area contributed by atoms with Crippen molar-refractivity contribution in [3.05, 3.63) is 56.9 Å². The van der Waals surface area contributed by atoms with Crippen LogP contribution in [0.2, 0.25) is 5.22 Å². The Bertz CT molecular complexity index is 576. The maximum Gasteiger partial charge on any atom is 0.193 e. The summed E-state index contributed by atoms with van der Waals surface area (Å²) in [7, 11) is 0. The Morgan fingerprint density at radius 1 is 1.28 bits per heavy atom. The summed E-state index contributed by atoms with van der Waals surface area (Å²) < 4.78 is 32.9. The third-order valence-corrected chi connectivity index (χ3v) is 3.23. The highest BCUT2D eigenvalue weighted by atomic mass is 79.9. The highest BCUT2D eigenvalue weighted by Crippen LogP contribution is 2.31. The molecule has 0 aliphatic heterocycles. The van der Waals surface area contributed by atoms with Crippen LogP contribution in [-0.4, -0.2) is 0 Å². The quantitative estimate of drug-likeness (QED) is 0.512. The molecule has 1 unspecified atom stereocenters. The van der Waals surface area contributed by atoms with Crippen LogP contribution in [0.15, 0.2) is 33.2 Å². The fraction of sp³-hybridized carbons (Fsp3) is 0.0909. The van der Waals surface area contributed by atoms with E-state index in [9.17, 15) is 8.78 Å². The summed E-state index contributed by atoms with van der Waals surface area (Å²) in [6.07, 6.45) is 0. The molecule has 0 aliphatic rings. The van der Waals surface area contributed by atoms with Crippen LogP contribution in [0.25, 0.3) is 0 Å². The minimum Gasteiger partial charge on any atom is -0.448 e. The zero-order chi connectivity index (χ0) is 13.3. The van der Waals surface area contributed by atoms with Crippen molar-refractivity contribution >= 4 is 27.5 Å². The molecule has 96 valence electrons. The molecule has 0 bridgehead atoms. The molecule has 0 amide bonds. The smallest absolute Gasteiger partial charge is 0.193 e. The molecule has 2 aromatic rings. The van der Waals surface area contributed by atoms with E-state index in [1.54, 1.807) is 0 Å². The second-order valence-electron chi connectivity index (χ2n) is 3.50. The number of halogens is 4. The number of rotatable bonds is 3. The number of nitrogens with one attached hydrogen (secondary N) is 1. The Balaban J connectivity index is 2.55. The summed E-state index contributed by atoms with van der Waals surface area (Å²) in [5.41, 5.74) is 2.07. The molecule has 3 N–H and O–H groups in total. The van der Waals surface area contributed by atoms with E-state index in [4.69, 9.17) is 21.9 Å². The largest absolute Gasteiger partial charge is 0.448 e. The lowest BCUT2D eigenvalue weighted by atomic mass is 10.0. The molecular formula is C11H8BrClF2N2O. The minimum atomic E-state index is -0.963. The van der Waals surface area contributed by atoms with E-state index < -0.39 is 17.7 Å². The molecule has 0 radical (unpaired) electrons. The van der Waals surface area contributed by atoms with Crippen molar-refractivity contribution in [1.82, 2.24) is 5.43 Å². The number of nitrogens with two attached hydrogens (primary N) is 1. The summed E-state index contributed by atoms with van der Waals surface area (Å²) >= 11 is 8.62. The lowest BCUT2D eigenvalue weighted by Gasteiger charge is -2.16. The first-order valence-corrected chi connectivity index (χ1v) is 6.06. The second-order valence-corrected chi connectivity index (χ2v) is 4.73. The molecular weight excluding hydrogens is 329 g/mol. The van der Waals surface area contributed by atoms with Crippen molar-refractivity contribution in [2.24, 2.45) is 5.84 Å². The van der Waals surface area contributed by atoms with Crippen LogP contribution >= 0.6 is 27.5 Å². The van der Waals surface area contributed by atoms with Crippen LogP contribution in [0, 0.1) is 11.6 Å². The highest BCUT2D eigenvalue weighted by Gasteiger charge is 2.25. The molecule has 18 heavy (non-hydrogen) atoms. The van der Waals surface area contributed by atoms with E-state index >= 15 is 0 Å². The van der Waals surface area contributed by atoms with Crippen molar-refractivity contribution in [2.45, 2.75) is 6.04 Å². The Morgan fingerprint density at radius 2 is 2.00 bits per heavy atom. The van der Waals surface area contributed by atoms with Crippen molar-refractivity contribution in [1.29, 1.82) is 0 Å². The third kappa shape index (κ3) is 2.42. The van der Waals surface area contributed by atoms with Gasteiger partial charge in [-0.05, 0) is 51.8 Å². The fourth-order valence-electron chi connectivity index (χ4n) is 1.60. The van der Waals surface area contributed by atoms with Gasteiger partial charge in [0.25, 0.3) is 0 Å². The van der Waals surface area contributed by atoms with Gasteiger partial charge in [-0.2, -0.15) is 0 Å². The first-order valence-electron chi connectivity index (χ1n) is 4.89. The van der Waals surface area contributed by atoms with Crippen LogP contribution in [-0.2, 0) is 0 Å². The molecule has 1 aromatic heterocycles.